The summed E-state index contributed by atoms with van der Waals surface area (Å²) in [6.07, 6.45) is -2.42. The van der Waals surface area contributed by atoms with Crippen LogP contribution in [0.25, 0.3) is 0 Å². The van der Waals surface area contributed by atoms with E-state index in [1.165, 1.54) is 6.20 Å². The van der Waals surface area contributed by atoms with Crippen LogP contribution in [0, 0.1) is 11.3 Å². The first-order valence-corrected chi connectivity index (χ1v) is 6.16. The maximum atomic E-state index is 12.8. The van der Waals surface area contributed by atoms with Gasteiger partial charge in [0, 0.05) is 17.1 Å². The molecule has 3 unspecified atom stereocenters. The zero-order valence-corrected chi connectivity index (χ0v) is 11.3. The topological polar surface area (TPSA) is 111 Å². The Hall–Kier alpha value is -1.92. The molecule has 7 nitrogen and oxygen atoms in total. The second kappa shape index (κ2) is 6.24. The first-order chi connectivity index (χ1) is 10.0. The number of rotatable bonds is 2. The standard InChI is InChI=1S/C12H11ClFN3O4/c13-2-1-6-4-17(12(20)16-10(6)15)11-9(19)7(3-14)8(5-18)21-11/h3-4,8-9,11,18-19H,5H2,(H2,15,16,20)/b7-3-. The molecule has 0 aliphatic carbocycles. The van der Waals surface area contributed by atoms with Crippen LogP contribution in [-0.2, 0) is 4.74 Å². The van der Waals surface area contributed by atoms with Crippen LogP contribution >= 0.6 is 11.6 Å². The largest absolute Gasteiger partial charge is 0.393 e. The summed E-state index contributed by atoms with van der Waals surface area (Å²) in [7, 11) is 0. The predicted octanol–water partition coefficient (Wildman–Crippen LogP) is -0.523. The number of nitrogen functional groups attached to an aromatic ring is 1. The van der Waals surface area contributed by atoms with Crippen molar-refractivity contribution >= 4 is 17.4 Å². The van der Waals surface area contributed by atoms with Crippen LogP contribution in [0.1, 0.15) is 11.8 Å². The smallest absolute Gasteiger partial charge is 0.351 e. The highest BCUT2D eigenvalue weighted by Gasteiger charge is 2.40. The summed E-state index contributed by atoms with van der Waals surface area (Å²) < 4.78 is 18.9. The van der Waals surface area contributed by atoms with Crippen LogP contribution in [-0.4, -0.2) is 38.6 Å². The Balaban J connectivity index is 2.49. The van der Waals surface area contributed by atoms with Crippen molar-refractivity contribution in [2.24, 2.45) is 0 Å². The molecule has 0 spiro atoms. The molecule has 3 atom stereocenters. The van der Waals surface area contributed by atoms with Crippen molar-refractivity contribution in [1.29, 1.82) is 0 Å². The van der Waals surface area contributed by atoms with Crippen molar-refractivity contribution in [2.75, 3.05) is 12.3 Å². The van der Waals surface area contributed by atoms with Gasteiger partial charge in [-0.1, -0.05) is 0 Å². The molecule has 0 bridgehead atoms. The lowest BCUT2D eigenvalue weighted by atomic mass is 10.1. The summed E-state index contributed by atoms with van der Waals surface area (Å²) >= 11 is 5.28. The minimum Gasteiger partial charge on any atom is -0.393 e. The lowest BCUT2D eigenvalue weighted by Gasteiger charge is -2.17. The average molecular weight is 316 g/mol. The second-order valence-corrected chi connectivity index (χ2v) is 4.39. The Kier molecular flexibility index (Phi) is 4.59. The average Bonchev–Trinajstić information content (AvgIpc) is 2.78. The number of aromatic nitrogens is 2. The first-order valence-electron chi connectivity index (χ1n) is 5.78. The predicted molar refractivity (Wildman–Crippen MR) is 71.8 cm³/mol. The third-order valence-corrected chi connectivity index (χ3v) is 3.11. The van der Waals surface area contributed by atoms with Gasteiger partial charge in [-0.15, -0.1) is 0 Å². The van der Waals surface area contributed by atoms with Gasteiger partial charge in [0.2, 0.25) is 0 Å². The normalized spacial score (nSPS) is 26.7. The molecule has 1 aromatic rings. The summed E-state index contributed by atoms with van der Waals surface area (Å²) in [6.45, 7) is -0.547. The molecule has 0 radical (unpaired) electrons. The lowest BCUT2D eigenvalue weighted by Crippen LogP contribution is -2.33. The van der Waals surface area contributed by atoms with Crippen LogP contribution in [0.3, 0.4) is 0 Å². The quantitative estimate of drug-likeness (QED) is 0.633. The van der Waals surface area contributed by atoms with E-state index < -0.39 is 30.7 Å². The highest BCUT2D eigenvalue weighted by Crippen LogP contribution is 2.32. The molecule has 0 aromatic carbocycles. The summed E-state index contributed by atoms with van der Waals surface area (Å²) in [4.78, 5) is 15.4. The summed E-state index contributed by atoms with van der Waals surface area (Å²) in [5, 5.41) is 21.2. The second-order valence-electron chi connectivity index (χ2n) is 4.20. The summed E-state index contributed by atoms with van der Waals surface area (Å²) in [5.41, 5.74) is 4.69. The van der Waals surface area contributed by atoms with Gasteiger partial charge in [0.05, 0.1) is 18.5 Å². The number of hydrogen-bond acceptors (Lipinski definition) is 6. The molecule has 0 saturated carbocycles. The Bertz CT molecular complexity index is 694. The van der Waals surface area contributed by atoms with Crippen LogP contribution in [0.4, 0.5) is 10.2 Å². The van der Waals surface area contributed by atoms with Crippen molar-refractivity contribution in [3.8, 4) is 11.3 Å². The van der Waals surface area contributed by atoms with E-state index in [1.54, 1.807) is 0 Å². The van der Waals surface area contributed by atoms with Crippen LogP contribution < -0.4 is 11.4 Å². The Morgan fingerprint density at radius 2 is 2.38 bits per heavy atom. The van der Waals surface area contributed by atoms with Gasteiger partial charge in [-0.3, -0.25) is 4.57 Å². The molecule has 0 amide bonds. The molecule has 2 heterocycles. The molecule has 1 fully saturated rings. The molecule has 1 aromatic heterocycles. The van der Waals surface area contributed by atoms with E-state index in [0.29, 0.717) is 0 Å². The van der Waals surface area contributed by atoms with Gasteiger partial charge in [-0.05, 0) is 17.5 Å². The van der Waals surface area contributed by atoms with Gasteiger partial charge < -0.3 is 20.7 Å². The molecule has 1 aliphatic rings. The van der Waals surface area contributed by atoms with Crippen molar-refractivity contribution in [3.63, 3.8) is 0 Å². The van der Waals surface area contributed by atoms with E-state index >= 15 is 0 Å². The fraction of sp³-hybridized carbons (Fsp3) is 0.333. The van der Waals surface area contributed by atoms with Gasteiger partial charge in [-0.2, -0.15) is 4.98 Å². The van der Waals surface area contributed by atoms with Crippen molar-refractivity contribution in [3.05, 3.63) is 34.1 Å². The van der Waals surface area contributed by atoms with Gasteiger partial charge in [0.25, 0.3) is 0 Å². The van der Waals surface area contributed by atoms with E-state index in [4.69, 9.17) is 27.2 Å². The molecule has 2 rings (SSSR count). The number of anilines is 1. The number of aliphatic hydroxyl groups is 2. The summed E-state index contributed by atoms with van der Waals surface area (Å²) in [6, 6.07) is 0. The van der Waals surface area contributed by atoms with Gasteiger partial charge in [-0.25, -0.2) is 9.18 Å². The number of hydrogen-bond donors (Lipinski definition) is 3. The number of nitrogens with zero attached hydrogens (tertiary/aromatic N) is 2. The van der Waals surface area contributed by atoms with Gasteiger partial charge in [0.1, 0.15) is 18.0 Å². The van der Waals surface area contributed by atoms with Crippen molar-refractivity contribution in [1.82, 2.24) is 9.55 Å². The third kappa shape index (κ3) is 2.77. The van der Waals surface area contributed by atoms with E-state index in [0.717, 1.165) is 4.57 Å². The van der Waals surface area contributed by atoms with E-state index in [1.807, 2.05) is 0 Å². The zero-order chi connectivity index (χ0) is 15.6. The minimum atomic E-state index is -1.45. The van der Waals surface area contributed by atoms with Crippen molar-refractivity contribution < 1.29 is 19.3 Å². The number of nitrogens with two attached hydrogens (primary N) is 1. The Labute approximate surface area is 123 Å². The monoisotopic (exact) mass is 315 g/mol. The van der Waals surface area contributed by atoms with E-state index in [-0.39, 0.29) is 23.3 Å². The number of aliphatic hydroxyl groups excluding tert-OH is 2. The third-order valence-electron chi connectivity index (χ3n) is 3.02. The molecule has 1 aliphatic heterocycles. The zero-order valence-electron chi connectivity index (χ0n) is 10.5. The van der Waals surface area contributed by atoms with Crippen LogP contribution in [0.5, 0.6) is 0 Å². The molecular weight excluding hydrogens is 305 g/mol. The number of ether oxygens (including phenoxy) is 1. The lowest BCUT2D eigenvalue weighted by molar-refractivity contribution is -0.0527. The highest BCUT2D eigenvalue weighted by atomic mass is 35.5. The van der Waals surface area contributed by atoms with Crippen LogP contribution in [0.2, 0.25) is 0 Å². The maximum Gasteiger partial charge on any atom is 0.351 e. The van der Waals surface area contributed by atoms with Gasteiger partial charge in [0.15, 0.2) is 6.23 Å². The molecular formula is C12H11ClFN3O4. The SMILES string of the molecule is Nc1nc(=O)n(C2OC(CO)/C(=C/F)C2O)cc1C#CCl. The Morgan fingerprint density at radius 1 is 1.67 bits per heavy atom. The molecule has 4 N–H and O–H groups in total. The summed E-state index contributed by atoms with van der Waals surface area (Å²) in [5.74, 6) is 2.30. The fourth-order valence-electron chi connectivity index (χ4n) is 1.99. The maximum absolute atomic E-state index is 12.8. The molecule has 112 valence electrons. The Morgan fingerprint density at radius 3 is 2.90 bits per heavy atom. The van der Waals surface area contributed by atoms with E-state index in [9.17, 15) is 14.3 Å². The molecule has 21 heavy (non-hydrogen) atoms. The van der Waals surface area contributed by atoms with Gasteiger partial charge >= 0.3 is 5.69 Å². The van der Waals surface area contributed by atoms with Crippen molar-refractivity contribution in [2.45, 2.75) is 18.4 Å². The molecule has 9 heteroatoms. The minimum absolute atomic E-state index is 0.128. The number of halogens is 2. The first kappa shape index (κ1) is 15.5. The van der Waals surface area contributed by atoms with Crippen LogP contribution in [0.15, 0.2) is 22.9 Å². The van der Waals surface area contributed by atoms with E-state index in [2.05, 4.69) is 16.3 Å². The highest BCUT2D eigenvalue weighted by molar-refractivity contribution is 6.30. The fourth-order valence-corrected chi connectivity index (χ4v) is 2.09. The molecule has 1 saturated heterocycles.